The predicted molar refractivity (Wildman–Crippen MR) is 89.1 cm³/mol. The lowest BCUT2D eigenvalue weighted by Gasteiger charge is -2.05. The molecule has 6 heteroatoms. The molecule has 0 spiro atoms. The van der Waals surface area contributed by atoms with Gasteiger partial charge in [0.05, 0.1) is 5.69 Å². The molecule has 24 heavy (non-hydrogen) atoms. The number of carboxylic acids is 1. The van der Waals surface area contributed by atoms with Gasteiger partial charge in [-0.3, -0.25) is 0 Å². The summed E-state index contributed by atoms with van der Waals surface area (Å²) in [4.78, 5) is 15.3. The maximum absolute atomic E-state index is 11.1. The van der Waals surface area contributed by atoms with Crippen LogP contribution in [-0.2, 0) is 0 Å². The lowest BCUT2D eigenvalue weighted by molar-refractivity contribution is 0.0694. The number of carbonyl (C=O) groups is 1. The summed E-state index contributed by atoms with van der Waals surface area (Å²) in [6.45, 7) is 0. The van der Waals surface area contributed by atoms with Gasteiger partial charge < -0.3 is 20.4 Å². The first kappa shape index (κ1) is 15.4. The van der Waals surface area contributed by atoms with E-state index in [0.29, 0.717) is 16.6 Å². The molecule has 0 bridgehead atoms. The maximum Gasteiger partial charge on any atom is 0.339 e. The van der Waals surface area contributed by atoms with Crippen molar-refractivity contribution in [1.29, 1.82) is 0 Å². The second kappa shape index (κ2) is 5.92. The standard InChI is InChI=1S/C18H13NO5/c20-14-8-2-10(9-15(14)21)1-5-12-6-3-11-4-7-13(18(23)24)17(22)16(11)19-12/h1-9,20-22H,(H,23,24). The zero-order valence-corrected chi connectivity index (χ0v) is 12.3. The molecular weight excluding hydrogens is 310 g/mol. The number of phenolic OH excluding ortho intramolecular Hbond substituents is 2. The summed E-state index contributed by atoms with van der Waals surface area (Å²) in [5.41, 5.74) is 1.15. The quantitative estimate of drug-likeness (QED) is 0.551. The Hall–Kier alpha value is -3.54. The van der Waals surface area contributed by atoms with E-state index in [2.05, 4.69) is 4.98 Å². The monoisotopic (exact) mass is 323 g/mol. The number of fused-ring (bicyclic) bond motifs is 1. The second-order valence-electron chi connectivity index (χ2n) is 5.16. The van der Waals surface area contributed by atoms with Gasteiger partial charge in [0.2, 0.25) is 0 Å². The maximum atomic E-state index is 11.1. The van der Waals surface area contributed by atoms with E-state index in [4.69, 9.17) is 5.11 Å². The van der Waals surface area contributed by atoms with E-state index in [9.17, 15) is 20.1 Å². The summed E-state index contributed by atoms with van der Waals surface area (Å²) in [6, 6.07) is 10.7. The van der Waals surface area contributed by atoms with Crippen LogP contribution in [0, 0.1) is 0 Å². The van der Waals surface area contributed by atoms with Crippen LogP contribution in [0.25, 0.3) is 23.1 Å². The lowest BCUT2D eigenvalue weighted by Crippen LogP contribution is -1.97. The third kappa shape index (κ3) is 2.85. The lowest BCUT2D eigenvalue weighted by atomic mass is 10.1. The van der Waals surface area contributed by atoms with E-state index in [0.717, 1.165) is 0 Å². The van der Waals surface area contributed by atoms with Gasteiger partial charge in [-0.2, -0.15) is 0 Å². The molecule has 1 aromatic heterocycles. The van der Waals surface area contributed by atoms with Gasteiger partial charge in [0.1, 0.15) is 11.1 Å². The summed E-state index contributed by atoms with van der Waals surface area (Å²) >= 11 is 0. The molecule has 0 atom stereocenters. The number of aromatic hydroxyl groups is 3. The van der Waals surface area contributed by atoms with Crippen molar-refractivity contribution in [3.8, 4) is 17.2 Å². The first-order valence-corrected chi connectivity index (χ1v) is 7.02. The van der Waals surface area contributed by atoms with Crippen LogP contribution >= 0.6 is 0 Å². The number of rotatable bonds is 3. The van der Waals surface area contributed by atoms with Crippen molar-refractivity contribution >= 4 is 29.0 Å². The average molecular weight is 323 g/mol. The van der Waals surface area contributed by atoms with Gasteiger partial charge in [-0.1, -0.05) is 24.3 Å². The number of nitrogens with zero attached hydrogens (tertiary/aromatic N) is 1. The minimum atomic E-state index is -1.23. The van der Waals surface area contributed by atoms with Gasteiger partial charge in [-0.25, -0.2) is 9.78 Å². The van der Waals surface area contributed by atoms with Crippen molar-refractivity contribution in [1.82, 2.24) is 4.98 Å². The molecule has 3 aromatic rings. The molecule has 0 aliphatic carbocycles. The molecule has 0 radical (unpaired) electrons. The summed E-state index contributed by atoms with van der Waals surface area (Å²) in [7, 11) is 0. The van der Waals surface area contributed by atoms with E-state index < -0.39 is 5.97 Å². The first-order valence-electron chi connectivity index (χ1n) is 7.02. The van der Waals surface area contributed by atoms with Gasteiger partial charge in [0, 0.05) is 5.39 Å². The molecule has 4 N–H and O–H groups in total. The van der Waals surface area contributed by atoms with Crippen molar-refractivity contribution in [3.63, 3.8) is 0 Å². The molecular formula is C18H13NO5. The Labute approximate surface area is 136 Å². The number of aromatic nitrogens is 1. The highest BCUT2D eigenvalue weighted by atomic mass is 16.4. The van der Waals surface area contributed by atoms with Crippen LogP contribution in [0.5, 0.6) is 17.2 Å². The van der Waals surface area contributed by atoms with Crippen molar-refractivity contribution in [2.24, 2.45) is 0 Å². The Kier molecular flexibility index (Phi) is 3.79. The average Bonchev–Trinajstić information content (AvgIpc) is 2.56. The van der Waals surface area contributed by atoms with Gasteiger partial charge in [0.15, 0.2) is 17.2 Å². The Morgan fingerprint density at radius 2 is 1.67 bits per heavy atom. The number of benzene rings is 2. The van der Waals surface area contributed by atoms with E-state index in [1.165, 1.54) is 18.2 Å². The summed E-state index contributed by atoms with van der Waals surface area (Å²) in [5, 5.41) is 38.5. The predicted octanol–water partition coefficient (Wildman–Crippen LogP) is 3.22. The van der Waals surface area contributed by atoms with E-state index >= 15 is 0 Å². The zero-order chi connectivity index (χ0) is 17.3. The molecule has 3 rings (SSSR count). The summed E-state index contributed by atoms with van der Waals surface area (Å²) in [6.07, 6.45) is 3.32. The van der Waals surface area contributed by atoms with Gasteiger partial charge in [0.25, 0.3) is 0 Å². The third-order valence-electron chi connectivity index (χ3n) is 3.53. The van der Waals surface area contributed by atoms with Gasteiger partial charge >= 0.3 is 5.97 Å². The zero-order valence-electron chi connectivity index (χ0n) is 12.3. The normalized spacial score (nSPS) is 11.2. The van der Waals surface area contributed by atoms with Crippen LogP contribution in [0.1, 0.15) is 21.6 Å². The Bertz CT molecular complexity index is 979. The van der Waals surface area contributed by atoms with Crippen LogP contribution in [0.4, 0.5) is 0 Å². The van der Waals surface area contributed by atoms with Crippen LogP contribution in [0.3, 0.4) is 0 Å². The molecule has 2 aromatic carbocycles. The second-order valence-corrected chi connectivity index (χ2v) is 5.16. The van der Waals surface area contributed by atoms with Crippen LogP contribution in [-0.4, -0.2) is 31.4 Å². The first-order chi connectivity index (χ1) is 11.5. The summed E-state index contributed by atoms with van der Waals surface area (Å²) in [5.74, 6) is -2.04. The molecule has 1 heterocycles. The van der Waals surface area contributed by atoms with E-state index in [1.807, 2.05) is 0 Å². The molecule has 0 saturated heterocycles. The fourth-order valence-electron chi connectivity index (χ4n) is 2.28. The molecule has 0 fully saturated rings. The van der Waals surface area contributed by atoms with E-state index in [-0.39, 0.29) is 28.3 Å². The van der Waals surface area contributed by atoms with Gasteiger partial charge in [-0.05, 0) is 35.9 Å². The number of phenols is 3. The minimum absolute atomic E-state index is 0.200. The third-order valence-corrected chi connectivity index (χ3v) is 3.53. The summed E-state index contributed by atoms with van der Waals surface area (Å²) < 4.78 is 0. The van der Waals surface area contributed by atoms with Crippen LogP contribution < -0.4 is 0 Å². The topological polar surface area (TPSA) is 111 Å². The molecule has 6 nitrogen and oxygen atoms in total. The highest BCUT2D eigenvalue weighted by Crippen LogP contribution is 2.28. The Morgan fingerprint density at radius 1 is 0.917 bits per heavy atom. The molecule has 0 saturated carbocycles. The molecule has 0 aliphatic heterocycles. The number of hydrogen-bond donors (Lipinski definition) is 4. The Morgan fingerprint density at radius 3 is 2.38 bits per heavy atom. The van der Waals surface area contributed by atoms with Crippen molar-refractivity contribution < 1.29 is 25.2 Å². The number of carboxylic acid groups (broad SMARTS) is 1. The number of hydrogen-bond acceptors (Lipinski definition) is 5. The van der Waals surface area contributed by atoms with Crippen LogP contribution in [0.2, 0.25) is 0 Å². The van der Waals surface area contributed by atoms with Crippen molar-refractivity contribution in [2.45, 2.75) is 0 Å². The minimum Gasteiger partial charge on any atom is -0.505 e. The van der Waals surface area contributed by atoms with Crippen molar-refractivity contribution in [2.75, 3.05) is 0 Å². The molecule has 0 unspecified atom stereocenters. The highest BCUT2D eigenvalue weighted by molar-refractivity contribution is 5.99. The van der Waals surface area contributed by atoms with Crippen molar-refractivity contribution in [3.05, 3.63) is 59.3 Å². The SMILES string of the molecule is O=C(O)c1ccc2ccc(C=Cc3ccc(O)c(O)c3)nc2c1O. The van der Waals surface area contributed by atoms with E-state index in [1.54, 1.807) is 36.4 Å². The molecule has 0 amide bonds. The molecule has 120 valence electrons. The molecule has 0 aliphatic rings. The number of pyridine rings is 1. The van der Waals surface area contributed by atoms with Gasteiger partial charge in [-0.15, -0.1) is 0 Å². The number of aromatic carboxylic acids is 1. The Balaban J connectivity index is 2.00. The largest absolute Gasteiger partial charge is 0.505 e. The highest BCUT2D eigenvalue weighted by Gasteiger charge is 2.13. The fourth-order valence-corrected chi connectivity index (χ4v) is 2.28. The fraction of sp³-hybridized carbons (Fsp3) is 0. The smallest absolute Gasteiger partial charge is 0.339 e. The van der Waals surface area contributed by atoms with Crippen LogP contribution in [0.15, 0.2) is 42.5 Å².